The van der Waals surface area contributed by atoms with E-state index in [1.165, 1.54) is 12.1 Å². The molecule has 1 saturated heterocycles. The molecular formula is C20H21FN2O2. The van der Waals surface area contributed by atoms with Crippen LogP contribution >= 0.6 is 0 Å². The number of benzene rings is 2. The van der Waals surface area contributed by atoms with Crippen LogP contribution in [0.5, 0.6) is 0 Å². The minimum absolute atomic E-state index is 0.0942. The molecule has 0 aliphatic carbocycles. The Bertz CT molecular complexity index is 791. The molecule has 2 aromatic rings. The topological polar surface area (TPSA) is 40.6 Å². The number of anilines is 1. The number of amides is 2. The van der Waals surface area contributed by atoms with Crippen molar-refractivity contribution >= 4 is 17.5 Å². The first-order valence-corrected chi connectivity index (χ1v) is 8.52. The molecule has 1 heterocycles. The number of nitrogens with zero attached hydrogens (tertiary/aromatic N) is 2. The predicted molar refractivity (Wildman–Crippen MR) is 94.8 cm³/mol. The van der Waals surface area contributed by atoms with Gasteiger partial charge in [0.1, 0.15) is 5.82 Å². The molecule has 25 heavy (non-hydrogen) atoms. The first kappa shape index (κ1) is 17.1. The van der Waals surface area contributed by atoms with Gasteiger partial charge in [-0.3, -0.25) is 9.59 Å². The van der Waals surface area contributed by atoms with Crippen molar-refractivity contribution in [3.63, 3.8) is 0 Å². The Morgan fingerprint density at radius 2 is 2.00 bits per heavy atom. The highest BCUT2D eigenvalue weighted by atomic mass is 19.1. The van der Waals surface area contributed by atoms with Gasteiger partial charge in [-0.1, -0.05) is 18.2 Å². The molecule has 1 aliphatic heterocycles. The molecule has 1 fully saturated rings. The van der Waals surface area contributed by atoms with Gasteiger partial charge in [0.25, 0.3) is 5.91 Å². The molecule has 4 nitrogen and oxygen atoms in total. The van der Waals surface area contributed by atoms with E-state index in [1.54, 1.807) is 40.1 Å². The Kier molecular flexibility index (Phi) is 5.12. The highest BCUT2D eigenvalue weighted by Crippen LogP contribution is 2.23. The highest BCUT2D eigenvalue weighted by Gasteiger charge is 2.23. The average Bonchev–Trinajstić information content (AvgIpc) is 3.05. The molecule has 0 atom stereocenters. The van der Waals surface area contributed by atoms with Crippen LogP contribution in [0.1, 0.15) is 35.7 Å². The first-order chi connectivity index (χ1) is 12.1. The summed E-state index contributed by atoms with van der Waals surface area (Å²) in [5.74, 6) is -0.340. The van der Waals surface area contributed by atoms with Crippen LogP contribution < -0.4 is 4.90 Å². The van der Waals surface area contributed by atoms with Crippen LogP contribution in [-0.2, 0) is 11.3 Å². The maximum Gasteiger partial charge on any atom is 0.254 e. The molecule has 0 unspecified atom stereocenters. The van der Waals surface area contributed by atoms with E-state index in [1.807, 2.05) is 13.0 Å². The van der Waals surface area contributed by atoms with Crippen molar-refractivity contribution in [1.29, 1.82) is 0 Å². The smallest absolute Gasteiger partial charge is 0.254 e. The quantitative estimate of drug-likeness (QED) is 0.834. The highest BCUT2D eigenvalue weighted by molar-refractivity contribution is 5.99. The SMILES string of the molecule is CCN(Cc1cccc(F)c1)C(=O)c1cccc(N2CCCC2=O)c1. The molecule has 0 radical (unpaired) electrons. The summed E-state index contributed by atoms with van der Waals surface area (Å²) in [6, 6.07) is 13.4. The fraction of sp³-hybridized carbons (Fsp3) is 0.300. The number of rotatable bonds is 5. The maximum atomic E-state index is 13.4. The Labute approximate surface area is 146 Å². The number of carbonyl (C=O) groups excluding carboxylic acids is 2. The van der Waals surface area contributed by atoms with E-state index in [2.05, 4.69) is 0 Å². The Hall–Kier alpha value is -2.69. The molecule has 130 valence electrons. The zero-order valence-electron chi connectivity index (χ0n) is 14.2. The molecule has 0 spiro atoms. The minimum Gasteiger partial charge on any atom is -0.335 e. The van der Waals surface area contributed by atoms with E-state index < -0.39 is 0 Å². The second kappa shape index (κ2) is 7.47. The van der Waals surface area contributed by atoms with Gasteiger partial charge >= 0.3 is 0 Å². The van der Waals surface area contributed by atoms with Gasteiger partial charge in [0.15, 0.2) is 0 Å². The van der Waals surface area contributed by atoms with E-state index in [9.17, 15) is 14.0 Å². The van der Waals surface area contributed by atoms with Gasteiger partial charge < -0.3 is 9.80 Å². The summed E-state index contributed by atoms with van der Waals surface area (Å²) in [4.78, 5) is 28.1. The Morgan fingerprint density at radius 3 is 2.68 bits per heavy atom. The zero-order chi connectivity index (χ0) is 17.8. The summed E-state index contributed by atoms with van der Waals surface area (Å²) in [7, 11) is 0. The van der Waals surface area contributed by atoms with Crippen LogP contribution in [0.15, 0.2) is 48.5 Å². The van der Waals surface area contributed by atoms with Crippen LogP contribution in [0.4, 0.5) is 10.1 Å². The van der Waals surface area contributed by atoms with Gasteiger partial charge in [-0.2, -0.15) is 0 Å². The summed E-state index contributed by atoms with van der Waals surface area (Å²) < 4.78 is 13.4. The molecule has 0 bridgehead atoms. The van der Waals surface area contributed by atoms with Crippen LogP contribution in [0.3, 0.4) is 0 Å². The van der Waals surface area contributed by atoms with E-state index in [0.717, 1.165) is 17.7 Å². The summed E-state index contributed by atoms with van der Waals surface area (Å²) in [6.45, 7) is 3.45. The normalized spacial score (nSPS) is 14.0. The largest absolute Gasteiger partial charge is 0.335 e. The van der Waals surface area contributed by atoms with Crippen molar-refractivity contribution in [2.75, 3.05) is 18.0 Å². The molecule has 3 rings (SSSR count). The van der Waals surface area contributed by atoms with Gasteiger partial charge in [0.2, 0.25) is 5.91 Å². The molecule has 5 heteroatoms. The lowest BCUT2D eigenvalue weighted by Gasteiger charge is -2.22. The van der Waals surface area contributed by atoms with Crippen LogP contribution in [0, 0.1) is 5.82 Å². The van der Waals surface area contributed by atoms with Crippen molar-refractivity contribution in [3.05, 3.63) is 65.5 Å². The van der Waals surface area contributed by atoms with Gasteiger partial charge in [0.05, 0.1) is 0 Å². The van der Waals surface area contributed by atoms with Gasteiger partial charge in [0, 0.05) is 37.3 Å². The molecule has 0 saturated carbocycles. The van der Waals surface area contributed by atoms with E-state index >= 15 is 0 Å². The summed E-state index contributed by atoms with van der Waals surface area (Å²) >= 11 is 0. The van der Waals surface area contributed by atoms with E-state index in [0.29, 0.717) is 31.6 Å². The second-order valence-electron chi connectivity index (χ2n) is 6.15. The lowest BCUT2D eigenvalue weighted by Crippen LogP contribution is -2.31. The van der Waals surface area contributed by atoms with E-state index in [-0.39, 0.29) is 17.6 Å². The third-order valence-electron chi connectivity index (χ3n) is 4.41. The predicted octanol–water partition coefficient (Wildman–Crippen LogP) is 3.61. The van der Waals surface area contributed by atoms with Crippen LogP contribution in [0.2, 0.25) is 0 Å². The molecule has 0 aromatic heterocycles. The number of hydrogen-bond acceptors (Lipinski definition) is 2. The fourth-order valence-corrected chi connectivity index (χ4v) is 3.09. The molecule has 2 aromatic carbocycles. The van der Waals surface area contributed by atoms with Crippen LogP contribution in [-0.4, -0.2) is 29.8 Å². The Morgan fingerprint density at radius 1 is 1.20 bits per heavy atom. The minimum atomic E-state index is -0.310. The van der Waals surface area contributed by atoms with Gasteiger partial charge in [-0.25, -0.2) is 4.39 Å². The van der Waals surface area contributed by atoms with Crippen molar-refractivity contribution in [1.82, 2.24) is 4.90 Å². The summed E-state index contributed by atoms with van der Waals surface area (Å²) in [5, 5.41) is 0. The maximum absolute atomic E-state index is 13.4. The number of halogens is 1. The Balaban J connectivity index is 1.79. The van der Waals surface area contributed by atoms with Gasteiger partial charge in [-0.05, 0) is 49.2 Å². The molecule has 2 amide bonds. The molecular weight excluding hydrogens is 319 g/mol. The standard InChI is InChI=1S/C20H21FN2O2/c1-2-22(14-15-6-3-8-17(21)12-15)20(25)16-7-4-9-18(13-16)23-11-5-10-19(23)24/h3-4,6-9,12-13H,2,5,10-11,14H2,1H3. The van der Waals surface area contributed by atoms with Crippen molar-refractivity contribution in [3.8, 4) is 0 Å². The summed E-state index contributed by atoms with van der Waals surface area (Å²) in [5.41, 5.74) is 2.05. The van der Waals surface area contributed by atoms with Crippen molar-refractivity contribution in [2.24, 2.45) is 0 Å². The second-order valence-corrected chi connectivity index (χ2v) is 6.15. The number of hydrogen-bond donors (Lipinski definition) is 0. The van der Waals surface area contributed by atoms with Gasteiger partial charge in [-0.15, -0.1) is 0 Å². The summed E-state index contributed by atoms with van der Waals surface area (Å²) in [6.07, 6.45) is 1.40. The van der Waals surface area contributed by atoms with E-state index in [4.69, 9.17) is 0 Å². The molecule has 1 aliphatic rings. The van der Waals surface area contributed by atoms with Crippen molar-refractivity contribution in [2.45, 2.75) is 26.3 Å². The average molecular weight is 340 g/mol. The zero-order valence-corrected chi connectivity index (χ0v) is 14.2. The first-order valence-electron chi connectivity index (χ1n) is 8.52. The third-order valence-corrected chi connectivity index (χ3v) is 4.41. The third kappa shape index (κ3) is 3.87. The monoisotopic (exact) mass is 340 g/mol. The lowest BCUT2D eigenvalue weighted by atomic mass is 10.1. The number of carbonyl (C=O) groups is 2. The lowest BCUT2D eigenvalue weighted by molar-refractivity contribution is -0.117. The fourth-order valence-electron chi connectivity index (χ4n) is 3.09. The van der Waals surface area contributed by atoms with Crippen molar-refractivity contribution < 1.29 is 14.0 Å². The molecule has 0 N–H and O–H groups in total. The van der Waals surface area contributed by atoms with Crippen LogP contribution in [0.25, 0.3) is 0 Å².